The third kappa shape index (κ3) is 4.17. The number of methoxy groups -OCH3 is 2. The van der Waals surface area contributed by atoms with Gasteiger partial charge in [0, 0.05) is 18.2 Å². The predicted molar refractivity (Wildman–Crippen MR) is 103 cm³/mol. The van der Waals surface area contributed by atoms with Gasteiger partial charge in [0.05, 0.1) is 27.4 Å². The van der Waals surface area contributed by atoms with Gasteiger partial charge in [-0.15, -0.1) is 0 Å². The van der Waals surface area contributed by atoms with Crippen LogP contribution in [0.3, 0.4) is 0 Å². The van der Waals surface area contributed by atoms with E-state index in [0.717, 1.165) is 0 Å². The van der Waals surface area contributed by atoms with Crippen LogP contribution in [0.1, 0.15) is 10.4 Å². The second-order valence-corrected chi connectivity index (χ2v) is 6.64. The molecule has 2 aliphatic heterocycles. The number of rotatable bonds is 6. The molecule has 29 heavy (non-hydrogen) atoms. The Bertz CT molecular complexity index is 885. The summed E-state index contributed by atoms with van der Waals surface area (Å²) in [6.45, 7) is 1.97. The van der Waals surface area contributed by atoms with E-state index in [2.05, 4.69) is 0 Å². The molecule has 154 valence electrons. The van der Waals surface area contributed by atoms with Gasteiger partial charge >= 0.3 is 0 Å². The summed E-state index contributed by atoms with van der Waals surface area (Å²) >= 11 is 0. The molecule has 1 unspecified atom stereocenters. The lowest BCUT2D eigenvalue weighted by Crippen LogP contribution is -2.47. The van der Waals surface area contributed by atoms with Crippen LogP contribution < -0.4 is 23.7 Å². The monoisotopic (exact) mass is 401 g/mol. The SMILES string of the molecule is COc1ccc(C(=O)N2CCOC(COc3ccc4c(c3)OCO4)C2)cc1OC. The standard InChI is InChI=1S/C21H23NO7/c1-24-17-5-3-14(9-19(17)25-2)21(23)22-7-8-26-16(11-22)12-27-15-4-6-18-20(10-15)29-13-28-18/h3-6,9-10,16H,7-8,11-13H2,1-2H3. The first-order valence-electron chi connectivity index (χ1n) is 9.33. The van der Waals surface area contributed by atoms with Crippen LogP contribution in [0.4, 0.5) is 0 Å². The van der Waals surface area contributed by atoms with Crippen molar-refractivity contribution in [2.75, 3.05) is 47.3 Å². The Morgan fingerprint density at radius 3 is 2.72 bits per heavy atom. The number of carbonyl (C=O) groups excluding carboxylic acids is 1. The Morgan fingerprint density at radius 1 is 1.07 bits per heavy atom. The van der Waals surface area contributed by atoms with E-state index in [0.29, 0.717) is 60.6 Å². The smallest absolute Gasteiger partial charge is 0.254 e. The van der Waals surface area contributed by atoms with Gasteiger partial charge in [0.15, 0.2) is 23.0 Å². The maximum atomic E-state index is 12.9. The predicted octanol–water partition coefficient (Wildman–Crippen LogP) is 2.35. The van der Waals surface area contributed by atoms with E-state index in [4.69, 9.17) is 28.4 Å². The molecule has 0 saturated carbocycles. The van der Waals surface area contributed by atoms with Crippen molar-refractivity contribution >= 4 is 5.91 Å². The van der Waals surface area contributed by atoms with Gasteiger partial charge in [0.25, 0.3) is 5.91 Å². The third-order valence-corrected chi connectivity index (χ3v) is 4.84. The van der Waals surface area contributed by atoms with Gasteiger partial charge in [-0.3, -0.25) is 4.79 Å². The van der Waals surface area contributed by atoms with Crippen LogP contribution in [0.15, 0.2) is 36.4 Å². The zero-order valence-corrected chi connectivity index (χ0v) is 16.4. The van der Waals surface area contributed by atoms with Gasteiger partial charge in [0.1, 0.15) is 18.5 Å². The highest BCUT2D eigenvalue weighted by molar-refractivity contribution is 5.95. The summed E-state index contributed by atoms with van der Waals surface area (Å²) in [5, 5.41) is 0. The van der Waals surface area contributed by atoms with E-state index in [9.17, 15) is 4.79 Å². The number of ether oxygens (including phenoxy) is 6. The molecule has 0 spiro atoms. The fourth-order valence-electron chi connectivity index (χ4n) is 3.31. The molecule has 1 fully saturated rings. The summed E-state index contributed by atoms with van der Waals surface area (Å²) in [7, 11) is 3.11. The van der Waals surface area contributed by atoms with Crippen molar-refractivity contribution in [2.45, 2.75) is 6.10 Å². The number of hydrogen-bond acceptors (Lipinski definition) is 7. The molecule has 8 heteroatoms. The lowest BCUT2D eigenvalue weighted by Gasteiger charge is -2.33. The fourth-order valence-corrected chi connectivity index (χ4v) is 3.31. The first-order valence-corrected chi connectivity index (χ1v) is 9.33. The van der Waals surface area contributed by atoms with E-state index in [1.807, 2.05) is 12.1 Å². The van der Waals surface area contributed by atoms with Crippen molar-refractivity contribution < 1.29 is 33.2 Å². The number of fused-ring (bicyclic) bond motifs is 1. The van der Waals surface area contributed by atoms with Crippen molar-refractivity contribution in [2.24, 2.45) is 0 Å². The molecular weight excluding hydrogens is 378 g/mol. The Morgan fingerprint density at radius 2 is 1.90 bits per heavy atom. The fraction of sp³-hybridized carbons (Fsp3) is 0.381. The number of amides is 1. The third-order valence-electron chi connectivity index (χ3n) is 4.84. The molecule has 2 aliphatic rings. The van der Waals surface area contributed by atoms with Gasteiger partial charge in [-0.25, -0.2) is 0 Å². The minimum atomic E-state index is -0.224. The summed E-state index contributed by atoms with van der Waals surface area (Å²) in [6, 6.07) is 10.6. The summed E-state index contributed by atoms with van der Waals surface area (Å²) < 4.78 is 32.8. The number of hydrogen-bond donors (Lipinski definition) is 0. The zero-order valence-electron chi connectivity index (χ0n) is 16.4. The summed E-state index contributed by atoms with van der Waals surface area (Å²) in [5.41, 5.74) is 0.542. The van der Waals surface area contributed by atoms with Gasteiger partial charge < -0.3 is 33.3 Å². The number of benzene rings is 2. The summed E-state index contributed by atoms with van der Waals surface area (Å²) in [4.78, 5) is 14.7. The molecule has 0 bridgehead atoms. The Kier molecular flexibility index (Phi) is 5.62. The quantitative estimate of drug-likeness (QED) is 0.735. The van der Waals surface area contributed by atoms with E-state index in [1.54, 1.807) is 43.4 Å². The summed E-state index contributed by atoms with van der Waals surface area (Å²) in [6.07, 6.45) is -0.224. The Hall–Kier alpha value is -3.13. The average molecular weight is 401 g/mol. The average Bonchev–Trinajstić information content (AvgIpc) is 3.24. The first kappa shape index (κ1) is 19.2. The molecule has 1 amide bonds. The van der Waals surface area contributed by atoms with Crippen LogP contribution in [-0.2, 0) is 4.74 Å². The number of morpholine rings is 1. The molecule has 2 heterocycles. The van der Waals surface area contributed by atoms with Gasteiger partial charge in [-0.2, -0.15) is 0 Å². The van der Waals surface area contributed by atoms with Crippen LogP contribution in [0.2, 0.25) is 0 Å². The zero-order chi connectivity index (χ0) is 20.2. The van der Waals surface area contributed by atoms with Crippen LogP contribution in [0.25, 0.3) is 0 Å². The first-order chi connectivity index (χ1) is 14.2. The lowest BCUT2D eigenvalue weighted by atomic mass is 10.1. The molecule has 0 radical (unpaired) electrons. The summed E-state index contributed by atoms with van der Waals surface area (Å²) in [5.74, 6) is 3.06. The van der Waals surface area contributed by atoms with Crippen LogP contribution in [0.5, 0.6) is 28.7 Å². The molecule has 4 rings (SSSR count). The lowest BCUT2D eigenvalue weighted by molar-refractivity contribution is -0.0401. The van der Waals surface area contributed by atoms with Crippen molar-refractivity contribution in [1.29, 1.82) is 0 Å². The molecule has 0 aliphatic carbocycles. The Labute approximate surface area is 168 Å². The number of carbonyl (C=O) groups is 1. The molecule has 1 saturated heterocycles. The molecule has 0 aromatic heterocycles. The molecule has 0 N–H and O–H groups in total. The highest BCUT2D eigenvalue weighted by Crippen LogP contribution is 2.35. The van der Waals surface area contributed by atoms with E-state index in [1.165, 1.54) is 0 Å². The van der Waals surface area contributed by atoms with Gasteiger partial charge in [0.2, 0.25) is 6.79 Å². The van der Waals surface area contributed by atoms with Crippen LogP contribution in [-0.4, -0.2) is 64.2 Å². The Balaban J connectivity index is 1.37. The minimum Gasteiger partial charge on any atom is -0.493 e. The second-order valence-electron chi connectivity index (χ2n) is 6.64. The highest BCUT2D eigenvalue weighted by atomic mass is 16.7. The van der Waals surface area contributed by atoms with E-state index >= 15 is 0 Å². The van der Waals surface area contributed by atoms with Crippen LogP contribution in [0, 0.1) is 0 Å². The minimum absolute atomic E-state index is 0.0812. The largest absolute Gasteiger partial charge is 0.493 e. The van der Waals surface area contributed by atoms with E-state index in [-0.39, 0.29) is 18.8 Å². The van der Waals surface area contributed by atoms with Crippen molar-refractivity contribution in [3.63, 3.8) is 0 Å². The van der Waals surface area contributed by atoms with Crippen molar-refractivity contribution in [1.82, 2.24) is 4.90 Å². The second kappa shape index (κ2) is 8.48. The van der Waals surface area contributed by atoms with Gasteiger partial charge in [-0.1, -0.05) is 0 Å². The normalized spacial score (nSPS) is 17.7. The van der Waals surface area contributed by atoms with E-state index < -0.39 is 0 Å². The highest BCUT2D eigenvalue weighted by Gasteiger charge is 2.26. The van der Waals surface area contributed by atoms with Gasteiger partial charge in [-0.05, 0) is 30.3 Å². The molecule has 8 nitrogen and oxygen atoms in total. The molecule has 2 aromatic rings. The van der Waals surface area contributed by atoms with Crippen LogP contribution >= 0.6 is 0 Å². The van der Waals surface area contributed by atoms with Crippen molar-refractivity contribution in [3.8, 4) is 28.7 Å². The molecular formula is C21H23NO7. The number of nitrogens with zero attached hydrogens (tertiary/aromatic N) is 1. The maximum Gasteiger partial charge on any atom is 0.254 e. The van der Waals surface area contributed by atoms with Crippen molar-refractivity contribution in [3.05, 3.63) is 42.0 Å². The topological polar surface area (TPSA) is 75.7 Å². The maximum absolute atomic E-state index is 12.9. The molecule has 2 aromatic carbocycles. The molecule has 1 atom stereocenters.